The summed E-state index contributed by atoms with van der Waals surface area (Å²) >= 11 is 11.3. The molecule has 2 aromatic carbocycles. The first kappa shape index (κ1) is 21.3. The van der Waals surface area contributed by atoms with E-state index in [4.69, 9.17) is 23.2 Å². The summed E-state index contributed by atoms with van der Waals surface area (Å²) in [6.45, 7) is -0.732. The molecule has 5 nitrogen and oxygen atoms in total. The predicted octanol–water partition coefficient (Wildman–Crippen LogP) is 4.42. The molecule has 0 radical (unpaired) electrons. The van der Waals surface area contributed by atoms with Gasteiger partial charge in [-0.1, -0.05) is 29.3 Å². The van der Waals surface area contributed by atoms with Crippen LogP contribution in [0.2, 0.25) is 10.0 Å². The van der Waals surface area contributed by atoms with Gasteiger partial charge in [0.05, 0.1) is 22.5 Å². The minimum absolute atomic E-state index is 0.313. The van der Waals surface area contributed by atoms with Gasteiger partial charge in [0.15, 0.2) is 0 Å². The monoisotopic (exact) mass is 440 g/mol. The first-order chi connectivity index (χ1) is 12.4. The lowest BCUT2D eigenvalue weighted by molar-refractivity contribution is -0.137. The molecule has 1 amide bonds. The zero-order valence-corrected chi connectivity index (χ0v) is 16.0. The Kier molecular flexibility index (Phi) is 6.28. The highest BCUT2D eigenvalue weighted by Gasteiger charge is 2.34. The number of carbonyl (C=O) groups is 1. The van der Waals surface area contributed by atoms with Crippen LogP contribution in [0.4, 0.5) is 24.5 Å². The van der Waals surface area contributed by atoms with Crippen LogP contribution in [0.1, 0.15) is 5.56 Å². The topological polar surface area (TPSA) is 66.5 Å². The highest BCUT2D eigenvalue weighted by molar-refractivity contribution is 7.92. The van der Waals surface area contributed by atoms with Crippen LogP contribution in [0.15, 0.2) is 42.5 Å². The van der Waals surface area contributed by atoms with Crippen LogP contribution >= 0.6 is 23.2 Å². The molecule has 0 aromatic heterocycles. The number of nitrogens with one attached hydrogen (secondary N) is 1. The summed E-state index contributed by atoms with van der Waals surface area (Å²) in [5, 5.41) is 2.20. The second kappa shape index (κ2) is 7.95. The van der Waals surface area contributed by atoms with Crippen molar-refractivity contribution < 1.29 is 26.4 Å². The molecular formula is C16H13Cl2F3N2O3S. The van der Waals surface area contributed by atoms with E-state index in [0.29, 0.717) is 21.1 Å². The van der Waals surface area contributed by atoms with Crippen molar-refractivity contribution in [3.8, 4) is 0 Å². The molecule has 0 aliphatic carbocycles. The quantitative estimate of drug-likeness (QED) is 0.748. The summed E-state index contributed by atoms with van der Waals surface area (Å²) in [5.41, 5.74) is -1.23. The molecule has 0 saturated heterocycles. The average Bonchev–Trinajstić information content (AvgIpc) is 2.51. The van der Waals surface area contributed by atoms with Crippen molar-refractivity contribution in [3.63, 3.8) is 0 Å². The maximum atomic E-state index is 13.0. The number of halogens is 5. The summed E-state index contributed by atoms with van der Waals surface area (Å²) in [6, 6.07) is 8.70. The Morgan fingerprint density at radius 3 is 2.37 bits per heavy atom. The Morgan fingerprint density at radius 2 is 1.81 bits per heavy atom. The number of amides is 1. The summed E-state index contributed by atoms with van der Waals surface area (Å²) in [4.78, 5) is 12.2. The fourth-order valence-electron chi connectivity index (χ4n) is 2.18. The van der Waals surface area contributed by atoms with Gasteiger partial charge < -0.3 is 5.32 Å². The molecular weight excluding hydrogens is 428 g/mol. The summed E-state index contributed by atoms with van der Waals surface area (Å²) in [6.07, 6.45) is -4.00. The van der Waals surface area contributed by atoms with Gasteiger partial charge in [-0.2, -0.15) is 13.2 Å². The van der Waals surface area contributed by atoms with E-state index in [9.17, 15) is 26.4 Å². The van der Waals surface area contributed by atoms with Crippen LogP contribution < -0.4 is 9.62 Å². The normalized spacial score (nSPS) is 11.9. The van der Waals surface area contributed by atoms with Crippen LogP contribution in [-0.2, 0) is 21.0 Å². The number of sulfonamides is 1. The third kappa shape index (κ3) is 5.75. The summed E-state index contributed by atoms with van der Waals surface area (Å²) in [5.74, 6) is -0.758. The van der Waals surface area contributed by atoms with Crippen molar-refractivity contribution in [3.05, 3.63) is 58.1 Å². The van der Waals surface area contributed by atoms with E-state index >= 15 is 0 Å². The molecule has 0 spiro atoms. The number of benzene rings is 2. The fourth-order valence-corrected chi connectivity index (χ4v) is 3.45. The molecule has 0 aliphatic heterocycles. The van der Waals surface area contributed by atoms with E-state index in [0.717, 1.165) is 18.4 Å². The van der Waals surface area contributed by atoms with Gasteiger partial charge in [0.2, 0.25) is 15.9 Å². The number of anilines is 2. The fraction of sp³-hybridized carbons (Fsp3) is 0.188. The van der Waals surface area contributed by atoms with E-state index in [1.807, 2.05) is 0 Å². The van der Waals surface area contributed by atoms with Gasteiger partial charge in [-0.15, -0.1) is 0 Å². The summed E-state index contributed by atoms with van der Waals surface area (Å²) in [7, 11) is -4.05. The largest absolute Gasteiger partial charge is 0.417 e. The van der Waals surface area contributed by atoms with E-state index < -0.39 is 39.2 Å². The number of nitrogens with zero attached hydrogens (tertiary/aromatic N) is 1. The molecule has 0 atom stereocenters. The van der Waals surface area contributed by atoms with E-state index in [-0.39, 0.29) is 5.69 Å². The van der Waals surface area contributed by atoms with Crippen molar-refractivity contribution in [2.45, 2.75) is 6.18 Å². The molecule has 0 fully saturated rings. The number of rotatable bonds is 5. The van der Waals surface area contributed by atoms with Crippen molar-refractivity contribution in [2.75, 3.05) is 22.4 Å². The molecule has 1 N–H and O–H groups in total. The Bertz CT molecular complexity index is 966. The lowest BCUT2D eigenvalue weighted by Crippen LogP contribution is -2.37. The standard InChI is InChI=1S/C16H13Cl2F3N2O3S/c1-27(25,26)23(9-15(24)22-11-4-2-3-10(17)7-11)12-5-6-14(18)13(8-12)16(19,20)21/h2-8H,9H2,1H3,(H,22,24). The van der Waals surface area contributed by atoms with Crippen LogP contribution in [0, 0.1) is 0 Å². The van der Waals surface area contributed by atoms with Gasteiger partial charge in [-0.3, -0.25) is 9.10 Å². The zero-order chi connectivity index (χ0) is 20.4. The molecule has 0 unspecified atom stereocenters. The molecule has 0 aliphatic rings. The Labute approximate surface area is 163 Å². The van der Waals surface area contributed by atoms with Crippen molar-refractivity contribution in [1.29, 1.82) is 0 Å². The molecule has 2 aromatic rings. The number of alkyl halides is 3. The molecule has 146 valence electrons. The van der Waals surface area contributed by atoms with Gasteiger partial charge in [0, 0.05) is 10.7 Å². The third-order valence-corrected chi connectivity index (χ3v) is 5.04. The molecule has 0 bridgehead atoms. The maximum Gasteiger partial charge on any atom is 0.417 e. The van der Waals surface area contributed by atoms with Gasteiger partial charge in [-0.25, -0.2) is 8.42 Å². The van der Waals surface area contributed by atoms with Crippen molar-refractivity contribution >= 4 is 50.5 Å². The van der Waals surface area contributed by atoms with Crippen molar-refractivity contribution in [1.82, 2.24) is 0 Å². The summed E-state index contributed by atoms with van der Waals surface area (Å²) < 4.78 is 63.7. The lowest BCUT2D eigenvalue weighted by Gasteiger charge is -2.23. The van der Waals surface area contributed by atoms with Gasteiger partial charge in [-0.05, 0) is 36.4 Å². The van der Waals surface area contributed by atoms with Crippen LogP contribution in [-0.4, -0.2) is 27.1 Å². The van der Waals surface area contributed by atoms with Crippen LogP contribution in [0.25, 0.3) is 0 Å². The number of carbonyl (C=O) groups excluding carboxylic acids is 1. The van der Waals surface area contributed by atoms with Crippen molar-refractivity contribution in [2.24, 2.45) is 0 Å². The minimum Gasteiger partial charge on any atom is -0.324 e. The molecule has 0 saturated carbocycles. The third-order valence-electron chi connectivity index (χ3n) is 3.34. The van der Waals surface area contributed by atoms with Crippen LogP contribution in [0.3, 0.4) is 0 Å². The highest BCUT2D eigenvalue weighted by Crippen LogP contribution is 2.37. The second-order valence-electron chi connectivity index (χ2n) is 5.49. The van der Waals surface area contributed by atoms with E-state index in [1.165, 1.54) is 12.1 Å². The minimum atomic E-state index is -4.78. The first-order valence-corrected chi connectivity index (χ1v) is 9.88. The van der Waals surface area contributed by atoms with Gasteiger partial charge in [0.25, 0.3) is 0 Å². The zero-order valence-electron chi connectivity index (χ0n) is 13.7. The molecule has 11 heteroatoms. The van der Waals surface area contributed by atoms with Crippen LogP contribution in [0.5, 0.6) is 0 Å². The van der Waals surface area contributed by atoms with E-state index in [2.05, 4.69) is 5.32 Å². The van der Waals surface area contributed by atoms with Gasteiger partial charge in [0.1, 0.15) is 6.54 Å². The molecule has 27 heavy (non-hydrogen) atoms. The predicted molar refractivity (Wildman–Crippen MR) is 98.7 cm³/mol. The lowest BCUT2D eigenvalue weighted by atomic mass is 10.2. The number of hydrogen-bond donors (Lipinski definition) is 1. The highest BCUT2D eigenvalue weighted by atomic mass is 35.5. The van der Waals surface area contributed by atoms with Gasteiger partial charge >= 0.3 is 6.18 Å². The Morgan fingerprint density at radius 1 is 1.15 bits per heavy atom. The van der Waals surface area contributed by atoms with E-state index in [1.54, 1.807) is 12.1 Å². The second-order valence-corrected chi connectivity index (χ2v) is 8.24. The Hall–Kier alpha value is -1.97. The SMILES string of the molecule is CS(=O)(=O)N(CC(=O)Nc1cccc(Cl)c1)c1ccc(Cl)c(C(F)(F)F)c1. The first-order valence-electron chi connectivity index (χ1n) is 7.28. The Balaban J connectivity index is 2.33. The average molecular weight is 441 g/mol. The maximum absolute atomic E-state index is 13.0. The smallest absolute Gasteiger partial charge is 0.324 e. The number of hydrogen-bond acceptors (Lipinski definition) is 3. The molecule has 0 heterocycles. The molecule has 2 rings (SSSR count).